The van der Waals surface area contributed by atoms with Crippen LogP contribution in [0.5, 0.6) is 5.88 Å². The maximum atomic E-state index is 12.3. The van der Waals surface area contributed by atoms with E-state index in [0.29, 0.717) is 12.4 Å². The van der Waals surface area contributed by atoms with Crippen LogP contribution in [0.3, 0.4) is 0 Å². The van der Waals surface area contributed by atoms with E-state index in [2.05, 4.69) is 4.98 Å². The third kappa shape index (κ3) is 5.07. The van der Waals surface area contributed by atoms with E-state index in [-0.39, 0.29) is 24.4 Å². The van der Waals surface area contributed by atoms with E-state index in [0.717, 1.165) is 25.5 Å². The Bertz CT molecular complexity index is 582. The lowest BCUT2D eigenvalue weighted by Gasteiger charge is -2.36. The third-order valence-corrected chi connectivity index (χ3v) is 3.61. The van der Waals surface area contributed by atoms with Crippen molar-refractivity contribution in [1.29, 1.82) is 0 Å². The first-order chi connectivity index (χ1) is 11.3. The molecule has 0 N–H and O–H groups in total. The van der Waals surface area contributed by atoms with Gasteiger partial charge in [-0.3, -0.25) is 10.1 Å². The lowest BCUT2D eigenvalue weighted by molar-refractivity contribution is -0.385. The topological polar surface area (TPSA) is 94.8 Å². The summed E-state index contributed by atoms with van der Waals surface area (Å²) >= 11 is 0. The van der Waals surface area contributed by atoms with E-state index in [1.807, 2.05) is 20.8 Å². The molecule has 1 fully saturated rings. The molecule has 0 radical (unpaired) electrons. The van der Waals surface area contributed by atoms with Crippen LogP contribution in [0.4, 0.5) is 10.5 Å². The number of hydrogen-bond acceptors (Lipinski definition) is 6. The van der Waals surface area contributed by atoms with Crippen LogP contribution >= 0.6 is 0 Å². The SMILES string of the molecule is CC(C)(C)OC(=O)N1CCCC[C@@H]1COc1ccc([N+](=O)[O-])cn1. The quantitative estimate of drug-likeness (QED) is 0.618. The summed E-state index contributed by atoms with van der Waals surface area (Å²) < 4.78 is 11.0. The minimum atomic E-state index is -0.542. The predicted molar refractivity (Wildman–Crippen MR) is 87.0 cm³/mol. The second-order valence-electron chi connectivity index (χ2n) is 6.75. The number of carbonyl (C=O) groups excluding carboxylic acids is 1. The minimum absolute atomic E-state index is 0.0876. The molecular weight excluding hydrogens is 314 g/mol. The summed E-state index contributed by atoms with van der Waals surface area (Å²) in [6.45, 7) is 6.42. The number of likely N-dealkylation sites (tertiary alicyclic amines) is 1. The van der Waals surface area contributed by atoms with Crippen LogP contribution in [0.1, 0.15) is 40.0 Å². The molecule has 2 rings (SSSR count). The Hall–Kier alpha value is -2.38. The van der Waals surface area contributed by atoms with Gasteiger partial charge in [0.15, 0.2) is 0 Å². The van der Waals surface area contributed by atoms with Crippen molar-refractivity contribution in [3.63, 3.8) is 0 Å². The van der Waals surface area contributed by atoms with Gasteiger partial charge in [-0.1, -0.05) is 0 Å². The van der Waals surface area contributed by atoms with E-state index < -0.39 is 10.5 Å². The molecule has 0 bridgehead atoms. The van der Waals surface area contributed by atoms with Crippen molar-refractivity contribution in [3.05, 3.63) is 28.4 Å². The number of hydrogen-bond donors (Lipinski definition) is 0. The highest BCUT2D eigenvalue weighted by molar-refractivity contribution is 5.68. The predicted octanol–water partition coefficient (Wildman–Crippen LogP) is 3.16. The van der Waals surface area contributed by atoms with E-state index in [9.17, 15) is 14.9 Å². The number of aromatic nitrogens is 1. The van der Waals surface area contributed by atoms with Gasteiger partial charge >= 0.3 is 6.09 Å². The van der Waals surface area contributed by atoms with Crippen molar-refractivity contribution in [2.75, 3.05) is 13.2 Å². The van der Waals surface area contributed by atoms with Crippen molar-refractivity contribution in [1.82, 2.24) is 9.88 Å². The number of carbonyl (C=O) groups is 1. The summed E-state index contributed by atoms with van der Waals surface area (Å²) in [5.41, 5.74) is -0.629. The molecule has 1 aliphatic rings. The second kappa shape index (κ2) is 7.46. The normalized spacial score (nSPS) is 18.1. The van der Waals surface area contributed by atoms with E-state index >= 15 is 0 Å². The van der Waals surface area contributed by atoms with Crippen LogP contribution in [0.2, 0.25) is 0 Å². The van der Waals surface area contributed by atoms with Gasteiger partial charge in [0.1, 0.15) is 18.4 Å². The van der Waals surface area contributed by atoms with Gasteiger partial charge in [-0.05, 0) is 40.0 Å². The van der Waals surface area contributed by atoms with Gasteiger partial charge in [-0.15, -0.1) is 0 Å². The number of nitro groups is 1. The maximum Gasteiger partial charge on any atom is 0.410 e. The molecule has 1 amide bonds. The zero-order valence-electron chi connectivity index (χ0n) is 14.2. The monoisotopic (exact) mass is 337 g/mol. The number of nitrogens with zero attached hydrogens (tertiary/aromatic N) is 3. The molecule has 0 aromatic carbocycles. The Morgan fingerprint density at radius 3 is 2.75 bits per heavy atom. The lowest BCUT2D eigenvalue weighted by atomic mass is 10.0. The summed E-state index contributed by atoms with van der Waals surface area (Å²) in [7, 11) is 0. The lowest BCUT2D eigenvalue weighted by Crippen LogP contribution is -2.48. The van der Waals surface area contributed by atoms with Crippen molar-refractivity contribution < 1.29 is 19.2 Å². The summed E-state index contributed by atoms with van der Waals surface area (Å²) in [4.78, 5) is 28.0. The Balaban J connectivity index is 1.95. The Morgan fingerprint density at radius 1 is 1.42 bits per heavy atom. The van der Waals surface area contributed by atoms with Gasteiger partial charge in [0.05, 0.1) is 11.0 Å². The molecule has 0 aliphatic carbocycles. The number of pyridine rings is 1. The number of piperidine rings is 1. The second-order valence-corrected chi connectivity index (χ2v) is 6.75. The molecule has 1 saturated heterocycles. The van der Waals surface area contributed by atoms with Gasteiger partial charge in [-0.2, -0.15) is 0 Å². The first-order valence-corrected chi connectivity index (χ1v) is 7.99. The van der Waals surface area contributed by atoms with Gasteiger partial charge in [0.2, 0.25) is 5.88 Å². The summed E-state index contributed by atoms with van der Waals surface area (Å²) in [6.07, 6.45) is 3.59. The van der Waals surface area contributed by atoms with Crippen LogP contribution in [0, 0.1) is 10.1 Å². The fourth-order valence-electron chi connectivity index (χ4n) is 2.48. The zero-order valence-corrected chi connectivity index (χ0v) is 14.2. The molecule has 8 nitrogen and oxygen atoms in total. The van der Waals surface area contributed by atoms with Crippen LogP contribution < -0.4 is 4.74 Å². The summed E-state index contributed by atoms with van der Waals surface area (Å²) in [5, 5.41) is 10.6. The van der Waals surface area contributed by atoms with Crippen LogP contribution in [0.25, 0.3) is 0 Å². The Labute approximate surface area is 140 Å². The first-order valence-electron chi connectivity index (χ1n) is 7.99. The zero-order chi connectivity index (χ0) is 17.7. The number of rotatable bonds is 4. The molecule has 1 aromatic rings. The van der Waals surface area contributed by atoms with E-state index in [1.165, 1.54) is 12.1 Å². The van der Waals surface area contributed by atoms with Gasteiger partial charge < -0.3 is 14.4 Å². The molecule has 132 valence electrons. The number of amides is 1. The van der Waals surface area contributed by atoms with E-state index in [4.69, 9.17) is 9.47 Å². The minimum Gasteiger partial charge on any atom is -0.475 e. The number of ether oxygens (including phenoxy) is 2. The summed E-state index contributed by atoms with van der Waals surface area (Å²) in [5.74, 6) is 0.301. The van der Waals surface area contributed by atoms with Gasteiger partial charge in [0.25, 0.3) is 5.69 Å². The van der Waals surface area contributed by atoms with Crippen molar-refractivity contribution in [3.8, 4) is 5.88 Å². The van der Waals surface area contributed by atoms with E-state index in [1.54, 1.807) is 4.90 Å². The maximum absolute atomic E-state index is 12.3. The van der Waals surface area contributed by atoms with Crippen molar-refractivity contribution in [2.45, 2.75) is 51.7 Å². The third-order valence-electron chi connectivity index (χ3n) is 3.61. The van der Waals surface area contributed by atoms with Gasteiger partial charge in [-0.25, -0.2) is 9.78 Å². The molecule has 8 heteroatoms. The highest BCUT2D eigenvalue weighted by atomic mass is 16.6. The van der Waals surface area contributed by atoms with Crippen LogP contribution in [0.15, 0.2) is 18.3 Å². The van der Waals surface area contributed by atoms with Crippen LogP contribution in [-0.2, 0) is 4.74 Å². The molecule has 0 unspecified atom stereocenters. The van der Waals surface area contributed by atoms with Crippen LogP contribution in [-0.4, -0.2) is 45.7 Å². The fourth-order valence-corrected chi connectivity index (χ4v) is 2.48. The standard InChI is InChI=1S/C16H23N3O5/c1-16(2,3)24-15(20)18-9-5-4-6-13(18)11-23-14-8-7-12(10-17-14)19(21)22/h7-8,10,13H,4-6,9,11H2,1-3H3/t13-/m1/s1. The molecule has 24 heavy (non-hydrogen) atoms. The largest absolute Gasteiger partial charge is 0.475 e. The first kappa shape index (κ1) is 18.0. The molecular formula is C16H23N3O5. The molecule has 1 aliphatic heterocycles. The molecule has 1 atom stereocenters. The van der Waals surface area contributed by atoms with Gasteiger partial charge in [0, 0.05) is 18.7 Å². The smallest absolute Gasteiger partial charge is 0.410 e. The molecule has 2 heterocycles. The average Bonchev–Trinajstić information content (AvgIpc) is 2.52. The molecule has 0 saturated carbocycles. The Morgan fingerprint density at radius 2 is 2.17 bits per heavy atom. The highest BCUT2D eigenvalue weighted by Gasteiger charge is 2.31. The summed E-state index contributed by atoms with van der Waals surface area (Å²) in [6, 6.07) is 2.71. The average molecular weight is 337 g/mol. The fraction of sp³-hybridized carbons (Fsp3) is 0.625. The van der Waals surface area contributed by atoms with Crippen molar-refractivity contribution >= 4 is 11.8 Å². The molecule has 1 aromatic heterocycles. The van der Waals surface area contributed by atoms with Crippen molar-refractivity contribution in [2.24, 2.45) is 0 Å². The molecule has 0 spiro atoms. The Kier molecular flexibility index (Phi) is 5.58. The highest BCUT2D eigenvalue weighted by Crippen LogP contribution is 2.21.